The van der Waals surface area contributed by atoms with Crippen LogP contribution in [0.25, 0.3) is 22.3 Å². The SMILES string of the molecule is CCc1c2c(nc3ccc(C(=O)N4CCNCC4)cc13)-c1cc3c(c(=O)n1C2)COC(=O)[C@@]3(CC)OCCC(=O)O. The van der Waals surface area contributed by atoms with Gasteiger partial charge >= 0.3 is 11.9 Å². The number of nitrogens with one attached hydrogen (secondary N) is 1. The fourth-order valence-corrected chi connectivity index (χ4v) is 6.29. The summed E-state index contributed by atoms with van der Waals surface area (Å²) < 4.78 is 13.0. The molecule has 1 saturated heterocycles. The number of hydrogen-bond donors (Lipinski definition) is 2. The number of ether oxygens (including phenoxy) is 2. The van der Waals surface area contributed by atoms with Crippen molar-refractivity contribution in [2.24, 2.45) is 0 Å². The van der Waals surface area contributed by atoms with Crippen LogP contribution in [0.1, 0.15) is 59.3 Å². The van der Waals surface area contributed by atoms with Gasteiger partial charge in [-0.15, -0.1) is 0 Å². The molecular weight excluding hydrogens is 528 g/mol. The maximum absolute atomic E-state index is 13.8. The fourth-order valence-electron chi connectivity index (χ4n) is 6.29. The van der Waals surface area contributed by atoms with Crippen molar-refractivity contribution in [2.75, 3.05) is 32.8 Å². The van der Waals surface area contributed by atoms with Gasteiger partial charge < -0.3 is 29.4 Å². The molecule has 1 fully saturated rings. The zero-order valence-corrected chi connectivity index (χ0v) is 23.1. The number of nitrogens with zero attached hydrogens (tertiary/aromatic N) is 3. The van der Waals surface area contributed by atoms with Crippen LogP contribution in [0.2, 0.25) is 0 Å². The van der Waals surface area contributed by atoms with Crippen molar-refractivity contribution in [1.29, 1.82) is 0 Å². The van der Waals surface area contributed by atoms with Crippen molar-refractivity contribution in [3.05, 3.63) is 62.4 Å². The number of carboxylic acid groups (broad SMARTS) is 1. The highest BCUT2D eigenvalue weighted by Gasteiger charge is 2.48. The first kappa shape index (κ1) is 27.1. The number of aromatic nitrogens is 2. The third-order valence-electron chi connectivity index (χ3n) is 8.44. The molecule has 1 aromatic carbocycles. The van der Waals surface area contributed by atoms with Crippen LogP contribution in [-0.4, -0.2) is 70.2 Å². The van der Waals surface area contributed by atoms with E-state index in [1.54, 1.807) is 23.6 Å². The summed E-state index contributed by atoms with van der Waals surface area (Å²) in [7, 11) is 0. The van der Waals surface area contributed by atoms with E-state index in [1.165, 1.54) is 0 Å². The molecule has 6 rings (SSSR count). The standard InChI is InChI=1S/C30H32N4O7/c1-3-18-19-13-17(27(37)33-10-8-31-9-11-33)5-6-23(19)32-26-20(18)15-34-24(26)14-22-21(28(34)38)16-40-29(39)30(22,4-2)41-12-7-25(35)36/h5-6,13-14,31H,3-4,7-12,15-16H2,1-2H3,(H,35,36)/t30-/m0/s1. The molecule has 11 nitrogen and oxygen atoms in total. The fraction of sp³-hybridized carbons (Fsp3) is 0.433. The molecule has 0 unspecified atom stereocenters. The van der Waals surface area contributed by atoms with Gasteiger partial charge in [0.2, 0.25) is 0 Å². The second kappa shape index (κ2) is 10.4. The van der Waals surface area contributed by atoms with E-state index in [-0.39, 0.29) is 37.5 Å². The summed E-state index contributed by atoms with van der Waals surface area (Å²) in [5.41, 5.74) is 3.36. The van der Waals surface area contributed by atoms with E-state index in [1.807, 2.05) is 24.0 Å². The number of aryl methyl sites for hydroxylation is 1. The van der Waals surface area contributed by atoms with Crippen molar-refractivity contribution >= 4 is 28.7 Å². The van der Waals surface area contributed by atoms with Gasteiger partial charge in [0.15, 0.2) is 5.60 Å². The van der Waals surface area contributed by atoms with Gasteiger partial charge in [-0.1, -0.05) is 13.8 Å². The molecule has 11 heteroatoms. The molecule has 0 spiro atoms. The van der Waals surface area contributed by atoms with Gasteiger partial charge in [0, 0.05) is 48.3 Å². The molecule has 3 aliphatic rings. The highest BCUT2D eigenvalue weighted by Crippen LogP contribution is 2.42. The predicted octanol–water partition coefficient (Wildman–Crippen LogP) is 2.19. The maximum Gasteiger partial charge on any atom is 0.343 e. The number of carboxylic acids is 1. The highest BCUT2D eigenvalue weighted by atomic mass is 16.6. The molecule has 0 radical (unpaired) electrons. The Morgan fingerprint density at radius 2 is 1.93 bits per heavy atom. The zero-order chi connectivity index (χ0) is 28.9. The Hall–Kier alpha value is -4.09. The molecule has 2 N–H and O–H groups in total. The lowest BCUT2D eigenvalue weighted by Gasteiger charge is -2.36. The van der Waals surface area contributed by atoms with Gasteiger partial charge in [0.05, 0.1) is 42.0 Å². The lowest BCUT2D eigenvalue weighted by atomic mass is 9.85. The number of pyridine rings is 2. The molecule has 41 heavy (non-hydrogen) atoms. The number of carbonyl (C=O) groups is 3. The minimum Gasteiger partial charge on any atom is -0.481 e. The van der Waals surface area contributed by atoms with Crippen LogP contribution in [0.15, 0.2) is 29.1 Å². The van der Waals surface area contributed by atoms with Crippen molar-refractivity contribution < 1.29 is 29.0 Å². The number of aliphatic carboxylic acids is 1. The Labute approximate surface area is 236 Å². The minimum absolute atomic E-state index is 0.00778. The molecule has 2 aromatic heterocycles. The van der Waals surface area contributed by atoms with E-state index in [9.17, 15) is 19.2 Å². The first-order valence-electron chi connectivity index (χ1n) is 14.0. The minimum atomic E-state index is -1.58. The van der Waals surface area contributed by atoms with E-state index in [2.05, 4.69) is 5.32 Å². The third-order valence-corrected chi connectivity index (χ3v) is 8.44. The van der Waals surface area contributed by atoms with Gasteiger partial charge in [-0.3, -0.25) is 14.4 Å². The number of cyclic esters (lactones) is 1. The Morgan fingerprint density at radius 3 is 2.63 bits per heavy atom. The first-order chi connectivity index (χ1) is 19.8. The summed E-state index contributed by atoms with van der Waals surface area (Å²) in [5, 5.41) is 13.3. The molecule has 1 atom stereocenters. The van der Waals surface area contributed by atoms with E-state index in [0.717, 1.165) is 35.1 Å². The van der Waals surface area contributed by atoms with Crippen molar-refractivity contribution in [1.82, 2.24) is 19.8 Å². The van der Waals surface area contributed by atoms with Gasteiger partial charge in [0.25, 0.3) is 11.5 Å². The second-order valence-corrected chi connectivity index (χ2v) is 10.6. The molecule has 214 valence electrons. The van der Waals surface area contributed by atoms with Crippen LogP contribution in [0.3, 0.4) is 0 Å². The molecule has 5 heterocycles. The molecule has 3 aromatic rings. The van der Waals surface area contributed by atoms with Crippen molar-refractivity contribution in [3.8, 4) is 11.4 Å². The summed E-state index contributed by atoms with van der Waals surface area (Å²) >= 11 is 0. The lowest BCUT2D eigenvalue weighted by Crippen LogP contribution is -2.46. The number of amides is 1. The molecular formula is C30H32N4O7. The van der Waals surface area contributed by atoms with Gasteiger partial charge in [-0.05, 0) is 42.7 Å². The number of carbonyl (C=O) groups excluding carboxylic acids is 2. The maximum atomic E-state index is 13.8. The normalized spacial score (nSPS) is 19.5. The average Bonchev–Trinajstić information content (AvgIpc) is 3.35. The summed E-state index contributed by atoms with van der Waals surface area (Å²) in [6.07, 6.45) is 0.557. The quantitative estimate of drug-likeness (QED) is 0.326. The number of rotatable bonds is 7. The summed E-state index contributed by atoms with van der Waals surface area (Å²) in [5.74, 6) is -1.70. The Kier molecular flexibility index (Phi) is 6.87. The van der Waals surface area contributed by atoms with Crippen LogP contribution in [0, 0.1) is 0 Å². The molecule has 0 aliphatic carbocycles. The predicted molar refractivity (Wildman–Crippen MR) is 149 cm³/mol. The van der Waals surface area contributed by atoms with Crippen molar-refractivity contribution in [2.45, 2.75) is 51.9 Å². The monoisotopic (exact) mass is 560 g/mol. The third kappa shape index (κ3) is 4.31. The first-order valence-corrected chi connectivity index (χ1v) is 14.0. The highest BCUT2D eigenvalue weighted by molar-refractivity contribution is 5.99. The number of benzene rings is 1. The van der Waals surface area contributed by atoms with Crippen LogP contribution in [0.5, 0.6) is 0 Å². The zero-order valence-electron chi connectivity index (χ0n) is 23.1. The van der Waals surface area contributed by atoms with E-state index >= 15 is 0 Å². The Balaban J connectivity index is 1.47. The largest absolute Gasteiger partial charge is 0.481 e. The average molecular weight is 561 g/mol. The molecule has 3 aliphatic heterocycles. The van der Waals surface area contributed by atoms with Crippen LogP contribution >= 0.6 is 0 Å². The van der Waals surface area contributed by atoms with E-state index < -0.39 is 17.5 Å². The number of piperazine rings is 1. The second-order valence-electron chi connectivity index (χ2n) is 10.6. The summed E-state index contributed by atoms with van der Waals surface area (Å²) in [6.45, 7) is 6.58. The number of hydrogen-bond acceptors (Lipinski definition) is 8. The Morgan fingerprint density at radius 1 is 1.15 bits per heavy atom. The lowest BCUT2D eigenvalue weighted by molar-refractivity contribution is -0.182. The van der Waals surface area contributed by atoms with Crippen LogP contribution in [0.4, 0.5) is 0 Å². The Bertz CT molecular complexity index is 1660. The number of esters is 1. The molecule has 0 saturated carbocycles. The van der Waals surface area contributed by atoms with Gasteiger partial charge in [-0.2, -0.15) is 0 Å². The summed E-state index contributed by atoms with van der Waals surface area (Å²) in [4.78, 5) is 58.0. The molecule has 0 bridgehead atoms. The van der Waals surface area contributed by atoms with Gasteiger partial charge in [-0.25, -0.2) is 9.78 Å². The van der Waals surface area contributed by atoms with E-state index in [4.69, 9.17) is 19.6 Å². The van der Waals surface area contributed by atoms with Crippen LogP contribution < -0.4 is 10.9 Å². The smallest absolute Gasteiger partial charge is 0.343 e. The van der Waals surface area contributed by atoms with Gasteiger partial charge in [0.1, 0.15) is 6.61 Å². The number of fused-ring (bicyclic) bond motifs is 5. The topological polar surface area (TPSA) is 140 Å². The van der Waals surface area contributed by atoms with Crippen LogP contribution in [-0.2, 0) is 44.2 Å². The molecule has 1 amide bonds. The van der Waals surface area contributed by atoms with Crippen molar-refractivity contribution in [3.63, 3.8) is 0 Å². The van der Waals surface area contributed by atoms with E-state index in [0.29, 0.717) is 54.1 Å². The summed E-state index contributed by atoms with van der Waals surface area (Å²) in [6, 6.07) is 7.35.